The fourth-order valence-corrected chi connectivity index (χ4v) is 3.01. The molecule has 2 N–H and O–H groups in total. The zero-order valence-electron chi connectivity index (χ0n) is 13.4. The normalized spacial score (nSPS) is 16.9. The summed E-state index contributed by atoms with van der Waals surface area (Å²) in [4.78, 5) is 38.1. The van der Waals surface area contributed by atoms with Crippen molar-refractivity contribution >= 4 is 64.0 Å². The Bertz CT molecular complexity index is 954. The van der Waals surface area contributed by atoms with Gasteiger partial charge in [0.2, 0.25) is 11.8 Å². The van der Waals surface area contributed by atoms with E-state index in [1.807, 2.05) is 0 Å². The summed E-state index contributed by atoms with van der Waals surface area (Å²) in [5.41, 5.74) is 0.275. The maximum atomic E-state index is 13.4. The topological polar surface area (TPSA) is 78.5 Å². The second-order valence-corrected chi connectivity index (χ2v) is 6.87. The van der Waals surface area contributed by atoms with Crippen molar-refractivity contribution in [3.05, 3.63) is 57.3 Å². The summed E-state index contributed by atoms with van der Waals surface area (Å²) < 4.78 is 13.4. The van der Waals surface area contributed by atoms with Gasteiger partial charge in [-0.2, -0.15) is 0 Å². The third-order valence-corrected chi connectivity index (χ3v) is 4.70. The minimum Gasteiger partial charge on any atom is -0.336 e. The molecule has 2 aromatic rings. The Morgan fingerprint density at radius 3 is 2.56 bits per heavy atom. The van der Waals surface area contributed by atoms with Crippen LogP contribution in [0.3, 0.4) is 0 Å². The minimum atomic E-state index is -1.22. The fourth-order valence-electron chi connectivity index (χ4n) is 2.50. The highest BCUT2D eigenvalue weighted by Gasteiger charge is 2.39. The first-order valence-electron chi connectivity index (χ1n) is 7.60. The largest absolute Gasteiger partial charge is 0.336 e. The van der Waals surface area contributed by atoms with E-state index in [2.05, 4.69) is 10.6 Å². The van der Waals surface area contributed by atoms with Gasteiger partial charge < -0.3 is 10.6 Å². The molecule has 2 aromatic carbocycles. The van der Waals surface area contributed by atoms with Gasteiger partial charge in [-0.25, -0.2) is 14.1 Å². The van der Waals surface area contributed by atoms with Gasteiger partial charge in [0.15, 0.2) is 0 Å². The summed E-state index contributed by atoms with van der Waals surface area (Å²) in [5.74, 6) is -3.38. The van der Waals surface area contributed by atoms with Crippen LogP contribution in [0.5, 0.6) is 0 Å². The van der Waals surface area contributed by atoms with Gasteiger partial charge in [-0.15, -0.1) is 0 Å². The van der Waals surface area contributed by atoms with Crippen molar-refractivity contribution in [3.8, 4) is 0 Å². The molecular formula is C17H11Cl3FN3O3. The highest BCUT2D eigenvalue weighted by molar-refractivity contribution is 6.36. The van der Waals surface area contributed by atoms with Crippen LogP contribution in [0.2, 0.25) is 15.1 Å². The first kappa shape index (κ1) is 19.4. The molecule has 0 aromatic heterocycles. The molecule has 0 aliphatic carbocycles. The molecule has 0 saturated carbocycles. The molecule has 1 aliphatic rings. The van der Waals surface area contributed by atoms with Crippen LogP contribution in [-0.4, -0.2) is 24.4 Å². The van der Waals surface area contributed by atoms with E-state index in [0.29, 0.717) is 5.02 Å². The van der Waals surface area contributed by atoms with Crippen LogP contribution in [0.15, 0.2) is 36.4 Å². The lowest BCUT2D eigenvalue weighted by Crippen LogP contribution is -2.58. The van der Waals surface area contributed by atoms with Crippen molar-refractivity contribution < 1.29 is 18.8 Å². The maximum Gasteiger partial charge on any atom is 0.328 e. The molecule has 1 fully saturated rings. The molecule has 3 rings (SSSR count). The molecule has 140 valence electrons. The number of halogens is 4. The van der Waals surface area contributed by atoms with Gasteiger partial charge in [-0.1, -0.05) is 34.8 Å². The number of urea groups is 1. The zero-order valence-corrected chi connectivity index (χ0v) is 15.7. The van der Waals surface area contributed by atoms with E-state index >= 15 is 0 Å². The first-order valence-corrected chi connectivity index (χ1v) is 8.74. The third-order valence-electron chi connectivity index (χ3n) is 3.84. The lowest BCUT2D eigenvalue weighted by molar-refractivity contribution is -0.130. The number of hydrogen-bond acceptors (Lipinski definition) is 3. The number of nitrogens with zero attached hydrogens (tertiary/aromatic N) is 1. The van der Waals surface area contributed by atoms with E-state index in [1.165, 1.54) is 18.2 Å². The molecule has 10 heteroatoms. The summed E-state index contributed by atoms with van der Waals surface area (Å²) >= 11 is 17.6. The highest BCUT2D eigenvalue weighted by atomic mass is 35.5. The molecule has 0 radical (unpaired) electrons. The molecule has 1 atom stereocenters. The maximum absolute atomic E-state index is 13.4. The molecule has 1 saturated heterocycles. The van der Waals surface area contributed by atoms with Gasteiger partial charge in [0.05, 0.1) is 21.4 Å². The van der Waals surface area contributed by atoms with E-state index < -0.39 is 29.6 Å². The summed E-state index contributed by atoms with van der Waals surface area (Å²) in [5, 5.41) is 5.29. The third kappa shape index (κ3) is 4.00. The van der Waals surface area contributed by atoms with Crippen LogP contribution < -0.4 is 15.5 Å². The zero-order chi connectivity index (χ0) is 19.7. The second-order valence-electron chi connectivity index (χ2n) is 5.62. The van der Waals surface area contributed by atoms with Gasteiger partial charge in [0.1, 0.15) is 11.7 Å². The lowest BCUT2D eigenvalue weighted by Gasteiger charge is -2.30. The summed E-state index contributed by atoms with van der Waals surface area (Å²) in [7, 11) is 0. The highest BCUT2D eigenvalue weighted by Crippen LogP contribution is 2.28. The van der Waals surface area contributed by atoms with Crippen molar-refractivity contribution in [1.29, 1.82) is 0 Å². The van der Waals surface area contributed by atoms with Crippen LogP contribution in [0.1, 0.15) is 0 Å². The van der Waals surface area contributed by atoms with Crippen molar-refractivity contribution in [3.63, 3.8) is 0 Å². The molecule has 6 nitrogen and oxygen atoms in total. The average molecular weight is 431 g/mol. The molecule has 1 heterocycles. The van der Waals surface area contributed by atoms with Crippen LogP contribution in [-0.2, 0) is 9.59 Å². The van der Waals surface area contributed by atoms with Crippen LogP contribution in [0.25, 0.3) is 0 Å². The van der Waals surface area contributed by atoms with Crippen LogP contribution in [0, 0.1) is 11.7 Å². The van der Waals surface area contributed by atoms with Crippen molar-refractivity contribution in [2.24, 2.45) is 5.92 Å². The van der Waals surface area contributed by atoms with E-state index in [4.69, 9.17) is 34.8 Å². The van der Waals surface area contributed by atoms with Gasteiger partial charge in [0, 0.05) is 11.6 Å². The Hall–Kier alpha value is -2.35. The lowest BCUT2D eigenvalue weighted by atomic mass is 10.0. The summed E-state index contributed by atoms with van der Waals surface area (Å²) in [6.45, 7) is -0.201. The van der Waals surface area contributed by atoms with Gasteiger partial charge in [-0.3, -0.25) is 9.59 Å². The predicted octanol–water partition coefficient (Wildman–Crippen LogP) is 4.10. The average Bonchev–Trinajstić information content (AvgIpc) is 2.61. The predicted molar refractivity (Wildman–Crippen MR) is 101 cm³/mol. The van der Waals surface area contributed by atoms with E-state index in [1.54, 1.807) is 6.07 Å². The fraction of sp³-hybridized carbons (Fsp3) is 0.118. The SMILES string of the molecule is O=C(Nc1cc(Cl)ccc1Cl)C1CNC(=O)N(c2ccc(F)c(Cl)c2)C1=O. The standard InChI is InChI=1S/C17H11Cl3FN3O3/c18-8-1-3-11(19)14(5-8)23-15(25)10-7-22-17(27)24(16(10)26)9-2-4-13(21)12(20)6-9/h1-6,10H,7H2,(H,22,27)(H,23,25). The van der Waals surface area contributed by atoms with Crippen molar-refractivity contribution in [2.45, 2.75) is 0 Å². The molecule has 27 heavy (non-hydrogen) atoms. The van der Waals surface area contributed by atoms with Gasteiger partial charge in [-0.05, 0) is 36.4 Å². The number of anilines is 2. The number of carbonyl (C=O) groups excluding carboxylic acids is 3. The Morgan fingerprint density at radius 1 is 1.11 bits per heavy atom. The number of hydrogen-bond donors (Lipinski definition) is 2. The van der Waals surface area contributed by atoms with E-state index in [0.717, 1.165) is 17.0 Å². The van der Waals surface area contributed by atoms with Crippen molar-refractivity contribution in [1.82, 2.24) is 5.32 Å². The molecule has 1 unspecified atom stereocenters. The number of nitrogens with one attached hydrogen (secondary N) is 2. The second kappa shape index (κ2) is 7.72. The molecule has 0 bridgehead atoms. The Morgan fingerprint density at radius 2 is 1.85 bits per heavy atom. The number of carbonyl (C=O) groups is 3. The van der Waals surface area contributed by atoms with Crippen LogP contribution >= 0.6 is 34.8 Å². The summed E-state index contributed by atoms with van der Waals surface area (Å²) in [6.07, 6.45) is 0. The van der Waals surface area contributed by atoms with E-state index in [9.17, 15) is 18.8 Å². The first-order chi connectivity index (χ1) is 12.8. The number of rotatable bonds is 3. The Labute approximate surface area is 168 Å². The number of benzene rings is 2. The Balaban J connectivity index is 1.85. The number of imide groups is 1. The van der Waals surface area contributed by atoms with E-state index in [-0.39, 0.29) is 28.0 Å². The van der Waals surface area contributed by atoms with Crippen LogP contribution in [0.4, 0.5) is 20.6 Å². The van der Waals surface area contributed by atoms with Crippen molar-refractivity contribution in [2.75, 3.05) is 16.8 Å². The molecule has 0 spiro atoms. The summed E-state index contributed by atoms with van der Waals surface area (Å²) in [6, 6.07) is 7.10. The number of amides is 4. The van der Waals surface area contributed by atoms with Gasteiger partial charge in [0.25, 0.3) is 0 Å². The molecule has 1 aliphatic heterocycles. The quantitative estimate of drug-likeness (QED) is 0.720. The molecular weight excluding hydrogens is 420 g/mol. The monoisotopic (exact) mass is 429 g/mol. The smallest absolute Gasteiger partial charge is 0.328 e. The van der Waals surface area contributed by atoms with Gasteiger partial charge >= 0.3 is 6.03 Å². The minimum absolute atomic E-state index is 0.0437. The Kier molecular flexibility index (Phi) is 5.55. The molecule has 4 amide bonds.